The second kappa shape index (κ2) is 3.74. The molecule has 0 saturated carbocycles. The summed E-state index contributed by atoms with van der Waals surface area (Å²) in [5, 5.41) is 2.92. The number of carbonyl (C=O) groups is 1. The molecule has 1 rings (SSSR count). The van der Waals surface area contributed by atoms with Crippen molar-refractivity contribution in [1.29, 1.82) is 0 Å². The highest BCUT2D eigenvalue weighted by Crippen LogP contribution is 2.34. The summed E-state index contributed by atoms with van der Waals surface area (Å²) in [6.45, 7) is 6.62. The Balaban J connectivity index is 2.73. The Morgan fingerprint density at radius 3 is 3.00 bits per heavy atom. The van der Waals surface area contributed by atoms with Crippen LogP contribution in [-0.2, 0) is 4.79 Å². The van der Waals surface area contributed by atoms with Crippen LogP contribution in [0.1, 0.15) is 32.6 Å². The lowest BCUT2D eigenvalue weighted by atomic mass is 9.75. The molecular formula is C10H17NO. The van der Waals surface area contributed by atoms with E-state index in [0.29, 0.717) is 0 Å². The van der Waals surface area contributed by atoms with E-state index in [1.165, 1.54) is 0 Å². The lowest BCUT2D eigenvalue weighted by Gasteiger charge is -2.34. The van der Waals surface area contributed by atoms with Crippen molar-refractivity contribution in [1.82, 2.24) is 5.32 Å². The number of nitrogens with one attached hydrogen (secondary N) is 1. The Kier molecular flexibility index (Phi) is 2.90. The fourth-order valence-corrected chi connectivity index (χ4v) is 1.88. The lowest BCUT2D eigenvalue weighted by Crippen LogP contribution is -2.45. The third-order valence-electron chi connectivity index (χ3n) is 2.81. The van der Waals surface area contributed by atoms with Gasteiger partial charge in [0.25, 0.3) is 0 Å². The van der Waals surface area contributed by atoms with Crippen LogP contribution in [0.5, 0.6) is 0 Å². The van der Waals surface area contributed by atoms with Crippen LogP contribution in [-0.4, -0.2) is 12.5 Å². The molecule has 68 valence electrons. The molecular weight excluding hydrogens is 150 g/mol. The molecule has 0 aromatic rings. The van der Waals surface area contributed by atoms with Gasteiger partial charge in [-0.2, -0.15) is 0 Å². The molecule has 0 aromatic carbocycles. The molecule has 1 atom stereocenters. The molecule has 1 heterocycles. The monoisotopic (exact) mass is 167 g/mol. The molecule has 2 nitrogen and oxygen atoms in total. The normalized spacial score (nSPS) is 29.6. The van der Waals surface area contributed by atoms with E-state index in [4.69, 9.17) is 0 Å². The molecule has 0 aromatic heterocycles. The van der Waals surface area contributed by atoms with Crippen molar-refractivity contribution in [2.75, 3.05) is 6.54 Å². The third kappa shape index (κ3) is 1.52. The quantitative estimate of drug-likeness (QED) is 0.639. The van der Waals surface area contributed by atoms with Gasteiger partial charge in [-0.1, -0.05) is 13.0 Å². The SMILES string of the molecule is C=CC[C@@]1(CC)CCCNC1=O. The lowest BCUT2D eigenvalue weighted by molar-refractivity contribution is -0.133. The van der Waals surface area contributed by atoms with E-state index in [0.717, 1.165) is 32.2 Å². The summed E-state index contributed by atoms with van der Waals surface area (Å²) in [6.07, 6.45) is 5.71. The molecule has 0 spiro atoms. The van der Waals surface area contributed by atoms with E-state index in [2.05, 4.69) is 18.8 Å². The fourth-order valence-electron chi connectivity index (χ4n) is 1.88. The van der Waals surface area contributed by atoms with Gasteiger partial charge >= 0.3 is 0 Å². The van der Waals surface area contributed by atoms with Crippen molar-refractivity contribution in [2.24, 2.45) is 5.41 Å². The standard InChI is InChI=1S/C10H17NO/c1-3-6-10(4-2)7-5-8-11-9(10)12/h3H,1,4-8H2,2H3,(H,11,12)/t10-/m0/s1. The van der Waals surface area contributed by atoms with Crippen LogP contribution in [0.25, 0.3) is 0 Å². The van der Waals surface area contributed by atoms with E-state index < -0.39 is 0 Å². The molecule has 0 unspecified atom stereocenters. The molecule has 0 aliphatic carbocycles. The van der Waals surface area contributed by atoms with Gasteiger partial charge in [0.2, 0.25) is 5.91 Å². The predicted molar refractivity (Wildman–Crippen MR) is 49.8 cm³/mol. The topological polar surface area (TPSA) is 29.1 Å². The second-order valence-corrected chi connectivity index (χ2v) is 3.49. The minimum absolute atomic E-state index is 0.139. The maximum atomic E-state index is 11.6. The summed E-state index contributed by atoms with van der Waals surface area (Å²) in [5.41, 5.74) is -0.139. The maximum absolute atomic E-state index is 11.6. The van der Waals surface area contributed by atoms with E-state index in [1.807, 2.05) is 6.08 Å². The summed E-state index contributed by atoms with van der Waals surface area (Å²) >= 11 is 0. The Morgan fingerprint density at radius 2 is 2.50 bits per heavy atom. The highest BCUT2D eigenvalue weighted by atomic mass is 16.2. The van der Waals surface area contributed by atoms with Gasteiger partial charge in [-0.15, -0.1) is 6.58 Å². The number of allylic oxidation sites excluding steroid dienone is 1. The zero-order valence-electron chi connectivity index (χ0n) is 7.73. The Labute approximate surface area is 74.0 Å². The predicted octanol–water partition coefficient (Wildman–Crippen LogP) is 1.87. The molecule has 1 aliphatic heterocycles. The fraction of sp³-hybridized carbons (Fsp3) is 0.700. The molecule has 1 amide bonds. The molecule has 12 heavy (non-hydrogen) atoms. The Hall–Kier alpha value is -0.790. The molecule has 1 fully saturated rings. The summed E-state index contributed by atoms with van der Waals surface area (Å²) in [7, 11) is 0. The van der Waals surface area contributed by atoms with Crippen LogP contribution < -0.4 is 5.32 Å². The van der Waals surface area contributed by atoms with Crippen LogP contribution in [0.4, 0.5) is 0 Å². The molecule has 1 aliphatic rings. The smallest absolute Gasteiger partial charge is 0.226 e. The largest absolute Gasteiger partial charge is 0.356 e. The van der Waals surface area contributed by atoms with Crippen molar-refractivity contribution < 1.29 is 4.79 Å². The minimum atomic E-state index is -0.139. The summed E-state index contributed by atoms with van der Waals surface area (Å²) in [5.74, 6) is 0.219. The molecule has 1 N–H and O–H groups in total. The average Bonchev–Trinajstić information content (AvgIpc) is 2.10. The highest BCUT2D eigenvalue weighted by molar-refractivity contribution is 5.83. The number of amides is 1. The van der Waals surface area contributed by atoms with Gasteiger partial charge < -0.3 is 5.32 Å². The van der Waals surface area contributed by atoms with Crippen LogP contribution in [0.15, 0.2) is 12.7 Å². The number of rotatable bonds is 3. The van der Waals surface area contributed by atoms with Crippen molar-refractivity contribution in [3.8, 4) is 0 Å². The Bertz CT molecular complexity index is 188. The number of hydrogen-bond donors (Lipinski definition) is 1. The maximum Gasteiger partial charge on any atom is 0.226 e. The van der Waals surface area contributed by atoms with Gasteiger partial charge in [0.1, 0.15) is 0 Å². The highest BCUT2D eigenvalue weighted by Gasteiger charge is 2.36. The summed E-state index contributed by atoms with van der Waals surface area (Å²) in [6, 6.07) is 0. The van der Waals surface area contributed by atoms with Crippen LogP contribution in [0, 0.1) is 5.41 Å². The van der Waals surface area contributed by atoms with Crippen LogP contribution in [0.2, 0.25) is 0 Å². The summed E-state index contributed by atoms with van der Waals surface area (Å²) in [4.78, 5) is 11.6. The zero-order valence-corrected chi connectivity index (χ0v) is 7.73. The van der Waals surface area contributed by atoms with E-state index in [1.54, 1.807) is 0 Å². The number of carbonyl (C=O) groups excluding carboxylic acids is 1. The van der Waals surface area contributed by atoms with Crippen LogP contribution >= 0.6 is 0 Å². The van der Waals surface area contributed by atoms with Crippen molar-refractivity contribution in [3.63, 3.8) is 0 Å². The van der Waals surface area contributed by atoms with Gasteiger partial charge in [0, 0.05) is 6.54 Å². The number of hydrogen-bond acceptors (Lipinski definition) is 1. The second-order valence-electron chi connectivity index (χ2n) is 3.49. The van der Waals surface area contributed by atoms with Gasteiger partial charge in [-0.25, -0.2) is 0 Å². The average molecular weight is 167 g/mol. The first-order chi connectivity index (χ1) is 5.75. The molecule has 0 bridgehead atoms. The van der Waals surface area contributed by atoms with Gasteiger partial charge in [0.15, 0.2) is 0 Å². The first kappa shape index (κ1) is 9.30. The zero-order chi connectivity index (χ0) is 9.03. The van der Waals surface area contributed by atoms with Gasteiger partial charge in [-0.3, -0.25) is 4.79 Å². The third-order valence-corrected chi connectivity index (χ3v) is 2.81. The van der Waals surface area contributed by atoms with E-state index >= 15 is 0 Å². The van der Waals surface area contributed by atoms with Gasteiger partial charge in [0.05, 0.1) is 5.41 Å². The minimum Gasteiger partial charge on any atom is -0.356 e. The first-order valence-electron chi connectivity index (χ1n) is 4.64. The van der Waals surface area contributed by atoms with E-state index in [-0.39, 0.29) is 11.3 Å². The summed E-state index contributed by atoms with van der Waals surface area (Å²) < 4.78 is 0. The molecule has 0 radical (unpaired) electrons. The van der Waals surface area contributed by atoms with E-state index in [9.17, 15) is 4.79 Å². The van der Waals surface area contributed by atoms with Gasteiger partial charge in [-0.05, 0) is 25.7 Å². The van der Waals surface area contributed by atoms with Crippen molar-refractivity contribution >= 4 is 5.91 Å². The van der Waals surface area contributed by atoms with Crippen molar-refractivity contribution in [2.45, 2.75) is 32.6 Å². The van der Waals surface area contributed by atoms with Crippen LogP contribution in [0.3, 0.4) is 0 Å². The Morgan fingerprint density at radius 1 is 1.75 bits per heavy atom. The number of piperidine rings is 1. The first-order valence-corrected chi connectivity index (χ1v) is 4.64. The van der Waals surface area contributed by atoms with Crippen molar-refractivity contribution in [3.05, 3.63) is 12.7 Å². The molecule has 1 saturated heterocycles. The molecule has 2 heteroatoms.